The summed E-state index contributed by atoms with van der Waals surface area (Å²) < 4.78 is 5.21. The van der Waals surface area contributed by atoms with Gasteiger partial charge in [0.1, 0.15) is 0 Å². The van der Waals surface area contributed by atoms with Gasteiger partial charge in [-0.2, -0.15) is 0 Å². The molecule has 118 valence electrons. The van der Waals surface area contributed by atoms with E-state index in [0.29, 0.717) is 11.4 Å². The van der Waals surface area contributed by atoms with Crippen molar-refractivity contribution in [2.75, 3.05) is 5.32 Å². The Morgan fingerprint density at radius 3 is 2.82 bits per heavy atom. The monoisotopic (exact) mass is 342 g/mol. The molecule has 22 heavy (non-hydrogen) atoms. The van der Waals surface area contributed by atoms with Gasteiger partial charge in [-0.05, 0) is 32.3 Å². The van der Waals surface area contributed by atoms with Gasteiger partial charge < -0.3 is 10.1 Å². The molecule has 1 aliphatic carbocycles. The summed E-state index contributed by atoms with van der Waals surface area (Å²) in [5, 5.41) is 3.10. The second kappa shape index (κ2) is 7.61. The van der Waals surface area contributed by atoms with Crippen molar-refractivity contribution < 1.29 is 14.3 Å². The first-order valence-corrected chi connectivity index (χ1v) is 7.70. The molecule has 0 radical (unpaired) electrons. The molecule has 1 amide bonds. The van der Waals surface area contributed by atoms with Gasteiger partial charge in [0.15, 0.2) is 11.9 Å². The highest BCUT2D eigenvalue weighted by Gasteiger charge is 2.25. The van der Waals surface area contributed by atoms with Crippen molar-refractivity contribution in [3.05, 3.63) is 34.5 Å². The SMILES string of the molecule is C[C@H](OC(=O)[C@@H]1CC=CCC1)C(=O)Nc1ncc(Cl)cc1Cl. The van der Waals surface area contributed by atoms with Gasteiger partial charge in [0.2, 0.25) is 0 Å². The Morgan fingerprint density at radius 1 is 1.41 bits per heavy atom. The molecule has 0 aliphatic heterocycles. The Hall–Kier alpha value is -1.59. The maximum atomic E-state index is 12.0. The second-order valence-electron chi connectivity index (χ2n) is 5.03. The molecule has 0 saturated heterocycles. The van der Waals surface area contributed by atoms with Crippen LogP contribution in [0.4, 0.5) is 5.82 Å². The largest absolute Gasteiger partial charge is 0.452 e. The number of pyridine rings is 1. The number of anilines is 1. The molecular formula is C15H16Cl2N2O3. The average molecular weight is 343 g/mol. The molecule has 0 unspecified atom stereocenters. The zero-order valence-electron chi connectivity index (χ0n) is 12.0. The summed E-state index contributed by atoms with van der Waals surface area (Å²) in [6.07, 6.45) is 6.68. The number of nitrogens with one attached hydrogen (secondary N) is 1. The molecule has 1 heterocycles. The summed E-state index contributed by atoms with van der Waals surface area (Å²) in [4.78, 5) is 27.9. The number of ether oxygens (including phenoxy) is 1. The van der Waals surface area contributed by atoms with E-state index in [2.05, 4.69) is 10.3 Å². The lowest BCUT2D eigenvalue weighted by Gasteiger charge is -2.19. The lowest BCUT2D eigenvalue weighted by molar-refractivity contribution is -0.157. The molecule has 0 saturated carbocycles. The predicted molar refractivity (Wildman–Crippen MR) is 84.9 cm³/mol. The number of allylic oxidation sites excluding steroid dienone is 2. The zero-order valence-corrected chi connectivity index (χ0v) is 13.5. The summed E-state index contributed by atoms with van der Waals surface area (Å²) >= 11 is 11.7. The fourth-order valence-electron chi connectivity index (χ4n) is 2.06. The summed E-state index contributed by atoms with van der Waals surface area (Å²) in [7, 11) is 0. The van der Waals surface area contributed by atoms with Crippen molar-refractivity contribution in [3.8, 4) is 0 Å². The van der Waals surface area contributed by atoms with Crippen LogP contribution in [0.25, 0.3) is 0 Å². The fraction of sp³-hybridized carbons (Fsp3) is 0.400. The van der Waals surface area contributed by atoms with Crippen LogP contribution in [0.15, 0.2) is 24.4 Å². The molecule has 1 aliphatic rings. The number of carbonyl (C=O) groups excluding carboxylic acids is 2. The lowest BCUT2D eigenvalue weighted by Crippen LogP contribution is -2.32. The maximum Gasteiger partial charge on any atom is 0.310 e. The minimum Gasteiger partial charge on any atom is -0.452 e. The standard InChI is InChI=1S/C15H16Cl2N2O3/c1-9(22-15(21)10-5-3-2-4-6-10)14(20)19-13-12(17)7-11(16)8-18-13/h2-3,7-10H,4-6H2,1H3,(H,18,19,20)/t9-,10+/m0/s1. The van der Waals surface area contributed by atoms with Crippen molar-refractivity contribution in [1.29, 1.82) is 0 Å². The Bertz CT molecular complexity index is 604. The summed E-state index contributed by atoms with van der Waals surface area (Å²) in [5.74, 6) is -0.851. The molecule has 2 rings (SSSR count). The van der Waals surface area contributed by atoms with Gasteiger partial charge in [0.25, 0.3) is 5.91 Å². The number of halogens is 2. The van der Waals surface area contributed by atoms with Crippen LogP contribution in [0.5, 0.6) is 0 Å². The number of carbonyl (C=O) groups is 2. The topological polar surface area (TPSA) is 68.3 Å². The number of hydrogen-bond donors (Lipinski definition) is 1. The Labute approximate surface area is 138 Å². The summed E-state index contributed by atoms with van der Waals surface area (Å²) in [6, 6.07) is 1.47. The summed E-state index contributed by atoms with van der Waals surface area (Å²) in [6.45, 7) is 1.51. The van der Waals surface area contributed by atoms with Gasteiger partial charge >= 0.3 is 5.97 Å². The van der Waals surface area contributed by atoms with E-state index in [1.807, 2.05) is 12.2 Å². The van der Waals surface area contributed by atoms with E-state index in [1.54, 1.807) is 0 Å². The van der Waals surface area contributed by atoms with Crippen LogP contribution in [0.3, 0.4) is 0 Å². The Kier molecular flexibility index (Phi) is 5.80. The average Bonchev–Trinajstić information content (AvgIpc) is 2.50. The third kappa shape index (κ3) is 4.45. The molecule has 7 heteroatoms. The van der Waals surface area contributed by atoms with Gasteiger partial charge in [-0.1, -0.05) is 35.4 Å². The van der Waals surface area contributed by atoms with Crippen LogP contribution < -0.4 is 5.32 Å². The fourth-order valence-corrected chi connectivity index (χ4v) is 2.48. The third-order valence-electron chi connectivity index (χ3n) is 3.31. The first-order valence-electron chi connectivity index (χ1n) is 6.94. The van der Waals surface area contributed by atoms with E-state index >= 15 is 0 Å². The number of esters is 1. The van der Waals surface area contributed by atoms with Gasteiger partial charge in [0, 0.05) is 6.20 Å². The highest BCUT2D eigenvalue weighted by Crippen LogP contribution is 2.23. The van der Waals surface area contributed by atoms with Crippen molar-refractivity contribution in [3.63, 3.8) is 0 Å². The summed E-state index contributed by atoms with van der Waals surface area (Å²) in [5.41, 5.74) is 0. The van der Waals surface area contributed by atoms with Crippen molar-refractivity contribution in [2.45, 2.75) is 32.3 Å². The van der Waals surface area contributed by atoms with E-state index in [1.165, 1.54) is 19.2 Å². The molecule has 0 spiro atoms. The first kappa shape index (κ1) is 16.8. The van der Waals surface area contributed by atoms with Crippen LogP contribution in [-0.2, 0) is 14.3 Å². The van der Waals surface area contributed by atoms with Crippen molar-refractivity contribution >= 4 is 40.9 Å². The normalized spacial score (nSPS) is 18.6. The van der Waals surface area contributed by atoms with Crippen LogP contribution in [0.2, 0.25) is 10.0 Å². The zero-order chi connectivity index (χ0) is 16.1. The third-order valence-corrected chi connectivity index (χ3v) is 3.81. The molecule has 0 fully saturated rings. The predicted octanol–water partition coefficient (Wildman–Crippen LogP) is 3.61. The molecule has 1 aromatic heterocycles. The van der Waals surface area contributed by atoms with E-state index in [0.717, 1.165) is 12.8 Å². The first-order chi connectivity index (χ1) is 10.5. The second-order valence-corrected chi connectivity index (χ2v) is 5.88. The number of nitrogens with zero attached hydrogens (tertiary/aromatic N) is 1. The van der Waals surface area contributed by atoms with Crippen LogP contribution in [0, 0.1) is 5.92 Å². The highest BCUT2D eigenvalue weighted by molar-refractivity contribution is 6.36. The van der Waals surface area contributed by atoms with Crippen LogP contribution in [-0.4, -0.2) is 23.0 Å². The Balaban J connectivity index is 1.91. The number of amides is 1. The van der Waals surface area contributed by atoms with Crippen LogP contribution in [0.1, 0.15) is 26.2 Å². The molecule has 0 bridgehead atoms. The molecular weight excluding hydrogens is 327 g/mol. The van der Waals surface area contributed by atoms with E-state index in [9.17, 15) is 9.59 Å². The minimum absolute atomic E-state index is 0.180. The maximum absolute atomic E-state index is 12.0. The van der Waals surface area contributed by atoms with E-state index < -0.39 is 12.0 Å². The van der Waals surface area contributed by atoms with Crippen molar-refractivity contribution in [2.24, 2.45) is 5.92 Å². The van der Waals surface area contributed by atoms with Gasteiger partial charge in [0.05, 0.1) is 16.0 Å². The number of rotatable bonds is 4. The van der Waals surface area contributed by atoms with Crippen LogP contribution >= 0.6 is 23.2 Å². The number of aromatic nitrogens is 1. The molecule has 5 nitrogen and oxygen atoms in total. The molecule has 1 aromatic rings. The van der Waals surface area contributed by atoms with Gasteiger partial charge in [-0.15, -0.1) is 0 Å². The highest BCUT2D eigenvalue weighted by atomic mass is 35.5. The quantitative estimate of drug-likeness (QED) is 0.670. The van der Waals surface area contributed by atoms with Gasteiger partial charge in [-0.3, -0.25) is 9.59 Å². The molecule has 0 aromatic carbocycles. The van der Waals surface area contributed by atoms with E-state index in [4.69, 9.17) is 27.9 Å². The van der Waals surface area contributed by atoms with Gasteiger partial charge in [-0.25, -0.2) is 4.98 Å². The Morgan fingerprint density at radius 2 is 2.18 bits per heavy atom. The van der Waals surface area contributed by atoms with E-state index in [-0.39, 0.29) is 22.7 Å². The lowest BCUT2D eigenvalue weighted by atomic mass is 9.95. The minimum atomic E-state index is -0.924. The smallest absolute Gasteiger partial charge is 0.310 e. The molecule has 1 N–H and O–H groups in total. The molecule has 2 atom stereocenters. The van der Waals surface area contributed by atoms with Crippen molar-refractivity contribution in [1.82, 2.24) is 4.98 Å². The number of hydrogen-bond acceptors (Lipinski definition) is 4.